The van der Waals surface area contributed by atoms with Crippen molar-refractivity contribution in [3.63, 3.8) is 0 Å². The Labute approximate surface area is 175 Å². The Bertz CT molecular complexity index is 997. The van der Waals surface area contributed by atoms with Crippen LogP contribution in [-0.4, -0.2) is 56.2 Å². The Morgan fingerprint density at radius 3 is 2.50 bits per heavy atom. The van der Waals surface area contributed by atoms with Gasteiger partial charge in [0.2, 0.25) is 0 Å². The molecule has 7 heteroatoms. The van der Waals surface area contributed by atoms with Crippen molar-refractivity contribution in [1.29, 1.82) is 0 Å². The van der Waals surface area contributed by atoms with E-state index >= 15 is 0 Å². The molecule has 1 aliphatic rings. The molecule has 2 aromatic rings. The van der Waals surface area contributed by atoms with Gasteiger partial charge in [0.15, 0.2) is 0 Å². The van der Waals surface area contributed by atoms with E-state index in [1.54, 1.807) is 43.5 Å². The summed E-state index contributed by atoms with van der Waals surface area (Å²) in [5.41, 5.74) is 1.89. The standard InChI is InChI=1S/C23H25NO6/c1-14-8-9-18(30-4)17(12-14)21(25)19-20(15-6-5-7-16(13-15)29-3)24(10-11-28-2)23(27)22(19)26/h5-9,12-13,20,25H,10-11H2,1-4H3/b21-19+. The lowest BCUT2D eigenvalue weighted by Crippen LogP contribution is -2.32. The van der Waals surface area contributed by atoms with Crippen molar-refractivity contribution in [2.75, 3.05) is 34.5 Å². The summed E-state index contributed by atoms with van der Waals surface area (Å²) in [4.78, 5) is 27.2. The van der Waals surface area contributed by atoms with Crippen molar-refractivity contribution in [1.82, 2.24) is 4.90 Å². The van der Waals surface area contributed by atoms with E-state index in [0.717, 1.165) is 5.56 Å². The normalized spacial score (nSPS) is 18.0. The van der Waals surface area contributed by atoms with Gasteiger partial charge in [-0.05, 0) is 36.8 Å². The molecule has 1 amide bonds. The van der Waals surface area contributed by atoms with Crippen molar-refractivity contribution in [2.24, 2.45) is 0 Å². The van der Waals surface area contributed by atoms with Gasteiger partial charge in [0.05, 0.1) is 38.0 Å². The van der Waals surface area contributed by atoms with Gasteiger partial charge in [-0.15, -0.1) is 0 Å². The fourth-order valence-corrected chi connectivity index (χ4v) is 3.61. The SMILES string of the molecule is COCCN1C(=O)C(=O)/C(=C(/O)c2cc(C)ccc2OC)C1c1cccc(OC)c1. The van der Waals surface area contributed by atoms with E-state index in [4.69, 9.17) is 14.2 Å². The van der Waals surface area contributed by atoms with Gasteiger partial charge in [-0.3, -0.25) is 9.59 Å². The zero-order valence-electron chi connectivity index (χ0n) is 17.5. The Morgan fingerprint density at radius 2 is 1.83 bits per heavy atom. The van der Waals surface area contributed by atoms with Crippen LogP contribution >= 0.6 is 0 Å². The number of Topliss-reactive ketones (excluding diaryl/α,β-unsaturated/α-hetero) is 1. The maximum Gasteiger partial charge on any atom is 0.295 e. The summed E-state index contributed by atoms with van der Waals surface area (Å²) in [6.07, 6.45) is 0. The molecule has 3 rings (SSSR count). The van der Waals surface area contributed by atoms with Gasteiger partial charge in [-0.25, -0.2) is 0 Å². The lowest BCUT2D eigenvalue weighted by atomic mass is 9.94. The Hall–Kier alpha value is -3.32. The molecule has 1 aliphatic heterocycles. The molecule has 1 N–H and O–H groups in total. The highest BCUT2D eigenvalue weighted by molar-refractivity contribution is 6.46. The van der Waals surface area contributed by atoms with E-state index in [1.807, 2.05) is 13.0 Å². The molecule has 1 heterocycles. The predicted octanol–water partition coefficient (Wildman–Crippen LogP) is 3.08. The van der Waals surface area contributed by atoms with Crippen LogP contribution in [0, 0.1) is 6.92 Å². The molecule has 1 unspecified atom stereocenters. The summed E-state index contributed by atoms with van der Waals surface area (Å²) in [5.74, 6) is -0.724. The summed E-state index contributed by atoms with van der Waals surface area (Å²) in [6.45, 7) is 2.32. The quantitative estimate of drug-likeness (QED) is 0.428. The molecule has 158 valence electrons. The second-order valence-electron chi connectivity index (χ2n) is 6.97. The zero-order chi connectivity index (χ0) is 21.8. The number of hydrogen-bond donors (Lipinski definition) is 1. The van der Waals surface area contributed by atoms with Crippen LogP contribution in [0.4, 0.5) is 0 Å². The van der Waals surface area contributed by atoms with Crippen LogP contribution in [0.5, 0.6) is 11.5 Å². The molecule has 1 atom stereocenters. The Balaban J connectivity index is 2.23. The number of aliphatic hydroxyl groups excluding tert-OH is 1. The first-order chi connectivity index (χ1) is 14.4. The first kappa shape index (κ1) is 21.4. The van der Waals surface area contributed by atoms with Crippen LogP contribution in [0.2, 0.25) is 0 Å². The molecule has 0 aromatic heterocycles. The molecule has 0 spiro atoms. The number of ether oxygens (including phenoxy) is 3. The molecule has 2 aromatic carbocycles. The van der Waals surface area contributed by atoms with Gasteiger partial charge < -0.3 is 24.2 Å². The third kappa shape index (κ3) is 3.89. The minimum Gasteiger partial charge on any atom is -0.507 e. The average Bonchev–Trinajstić information content (AvgIpc) is 3.01. The monoisotopic (exact) mass is 411 g/mol. The highest BCUT2D eigenvalue weighted by Gasteiger charge is 2.46. The van der Waals surface area contributed by atoms with Crippen molar-refractivity contribution >= 4 is 17.4 Å². The molecular weight excluding hydrogens is 386 g/mol. The van der Waals surface area contributed by atoms with Gasteiger partial charge in [0.25, 0.3) is 11.7 Å². The van der Waals surface area contributed by atoms with Crippen molar-refractivity contribution in [3.8, 4) is 11.5 Å². The first-order valence-corrected chi connectivity index (χ1v) is 9.49. The van der Waals surface area contributed by atoms with Gasteiger partial charge in [-0.2, -0.15) is 0 Å². The summed E-state index contributed by atoms with van der Waals surface area (Å²) in [5, 5.41) is 11.2. The van der Waals surface area contributed by atoms with E-state index in [-0.39, 0.29) is 24.5 Å². The number of rotatable bonds is 7. The van der Waals surface area contributed by atoms with Crippen LogP contribution < -0.4 is 9.47 Å². The molecular formula is C23H25NO6. The third-order valence-electron chi connectivity index (χ3n) is 5.10. The molecule has 1 saturated heterocycles. The van der Waals surface area contributed by atoms with Crippen molar-refractivity contribution in [2.45, 2.75) is 13.0 Å². The largest absolute Gasteiger partial charge is 0.507 e. The van der Waals surface area contributed by atoms with Gasteiger partial charge in [0.1, 0.15) is 17.3 Å². The highest BCUT2D eigenvalue weighted by atomic mass is 16.5. The number of nitrogens with zero attached hydrogens (tertiary/aromatic N) is 1. The van der Waals surface area contributed by atoms with Crippen LogP contribution in [-0.2, 0) is 14.3 Å². The van der Waals surface area contributed by atoms with Crippen LogP contribution in [0.15, 0.2) is 48.0 Å². The summed E-state index contributed by atoms with van der Waals surface area (Å²) in [7, 11) is 4.55. The number of amides is 1. The molecule has 0 bridgehead atoms. The van der Waals surface area contributed by atoms with E-state index in [9.17, 15) is 14.7 Å². The molecule has 0 saturated carbocycles. The van der Waals surface area contributed by atoms with Gasteiger partial charge in [0, 0.05) is 13.7 Å². The summed E-state index contributed by atoms with van der Waals surface area (Å²) >= 11 is 0. The summed E-state index contributed by atoms with van der Waals surface area (Å²) in [6, 6.07) is 11.6. The fraction of sp³-hybridized carbons (Fsp3) is 0.304. The second-order valence-corrected chi connectivity index (χ2v) is 6.97. The predicted molar refractivity (Wildman–Crippen MR) is 112 cm³/mol. The van der Waals surface area contributed by atoms with Crippen molar-refractivity contribution in [3.05, 3.63) is 64.7 Å². The number of ketones is 1. The third-order valence-corrected chi connectivity index (χ3v) is 5.10. The summed E-state index contributed by atoms with van der Waals surface area (Å²) < 4.78 is 15.8. The number of likely N-dealkylation sites (tertiary alicyclic amines) is 1. The Morgan fingerprint density at radius 1 is 1.07 bits per heavy atom. The van der Waals surface area contributed by atoms with Crippen molar-refractivity contribution < 1.29 is 28.9 Å². The Kier molecular flexibility index (Phi) is 6.42. The average molecular weight is 411 g/mol. The first-order valence-electron chi connectivity index (χ1n) is 9.49. The minimum atomic E-state index is -0.777. The van der Waals surface area contributed by atoms with Gasteiger partial charge in [-0.1, -0.05) is 23.8 Å². The molecule has 7 nitrogen and oxygen atoms in total. The van der Waals surface area contributed by atoms with E-state index in [0.29, 0.717) is 22.6 Å². The minimum absolute atomic E-state index is 0.00764. The maximum atomic E-state index is 13.0. The van der Waals surface area contributed by atoms with Crippen LogP contribution in [0.1, 0.15) is 22.7 Å². The number of hydrogen-bond acceptors (Lipinski definition) is 6. The number of methoxy groups -OCH3 is 3. The van der Waals surface area contributed by atoms with Crippen LogP contribution in [0.25, 0.3) is 5.76 Å². The molecule has 30 heavy (non-hydrogen) atoms. The van der Waals surface area contributed by atoms with Gasteiger partial charge >= 0.3 is 0 Å². The smallest absolute Gasteiger partial charge is 0.295 e. The fourth-order valence-electron chi connectivity index (χ4n) is 3.61. The molecule has 0 radical (unpaired) electrons. The lowest BCUT2D eigenvalue weighted by Gasteiger charge is -2.25. The molecule has 1 fully saturated rings. The number of carbonyl (C=O) groups excluding carboxylic acids is 2. The number of benzene rings is 2. The van der Waals surface area contributed by atoms with E-state index < -0.39 is 17.7 Å². The zero-order valence-corrected chi connectivity index (χ0v) is 17.5. The second kappa shape index (κ2) is 9.00. The van der Waals surface area contributed by atoms with E-state index in [2.05, 4.69) is 0 Å². The number of aryl methyl sites for hydroxylation is 1. The lowest BCUT2D eigenvalue weighted by molar-refractivity contribution is -0.140. The maximum absolute atomic E-state index is 13.0. The van der Waals surface area contributed by atoms with Crippen LogP contribution in [0.3, 0.4) is 0 Å². The highest BCUT2D eigenvalue weighted by Crippen LogP contribution is 2.41. The van der Waals surface area contributed by atoms with E-state index in [1.165, 1.54) is 19.1 Å². The number of aliphatic hydroxyl groups is 1. The molecule has 0 aliphatic carbocycles. The topological polar surface area (TPSA) is 85.3 Å². The number of carbonyl (C=O) groups is 2.